The number of aromatic nitrogens is 1. The summed E-state index contributed by atoms with van der Waals surface area (Å²) in [6.07, 6.45) is 4.80. The topological polar surface area (TPSA) is 73.7 Å². The van der Waals surface area contributed by atoms with E-state index < -0.39 is 5.97 Å². The number of hydrogen-bond donors (Lipinski definition) is 2. The number of aliphatic hydroxyl groups is 1. The number of rotatable bonds is 3. The molecular formula is C12H16N2O3. The lowest BCUT2D eigenvalue weighted by Crippen LogP contribution is -2.35. The molecule has 0 saturated carbocycles. The Morgan fingerprint density at radius 3 is 2.76 bits per heavy atom. The van der Waals surface area contributed by atoms with Gasteiger partial charge in [-0.05, 0) is 24.8 Å². The number of piperidine rings is 1. The highest BCUT2D eigenvalue weighted by atomic mass is 16.4. The third-order valence-electron chi connectivity index (χ3n) is 3.24. The minimum atomic E-state index is -0.947. The van der Waals surface area contributed by atoms with Gasteiger partial charge in [-0.3, -0.25) is 4.98 Å². The van der Waals surface area contributed by atoms with Crippen LogP contribution >= 0.6 is 0 Å². The average Bonchev–Trinajstić information content (AvgIpc) is 2.39. The molecule has 17 heavy (non-hydrogen) atoms. The van der Waals surface area contributed by atoms with Crippen molar-refractivity contribution in [3.8, 4) is 0 Å². The molecule has 2 rings (SSSR count). The van der Waals surface area contributed by atoms with Gasteiger partial charge in [0.15, 0.2) is 0 Å². The van der Waals surface area contributed by atoms with Crippen molar-refractivity contribution in [3.05, 3.63) is 24.0 Å². The molecule has 0 bridgehead atoms. The molecule has 1 fully saturated rings. The standard InChI is InChI=1S/C12H16N2O3/c15-8-9-2-5-14(6-3-9)11-1-4-13-7-10(11)12(16)17/h1,4,7,9,15H,2-3,5-6,8H2,(H,16,17). The monoisotopic (exact) mass is 236 g/mol. The first kappa shape index (κ1) is 11.9. The largest absolute Gasteiger partial charge is 0.478 e. The molecule has 1 saturated heterocycles. The Labute approximate surface area is 99.7 Å². The van der Waals surface area contributed by atoms with Crippen LogP contribution in [0.3, 0.4) is 0 Å². The molecular weight excluding hydrogens is 220 g/mol. The highest BCUT2D eigenvalue weighted by molar-refractivity contribution is 5.94. The molecule has 1 aliphatic heterocycles. The van der Waals surface area contributed by atoms with Crippen LogP contribution in [-0.4, -0.2) is 40.9 Å². The lowest BCUT2D eigenvalue weighted by molar-refractivity contribution is 0.0697. The van der Waals surface area contributed by atoms with Crippen molar-refractivity contribution >= 4 is 11.7 Å². The maximum absolute atomic E-state index is 11.1. The van der Waals surface area contributed by atoms with Crippen LogP contribution in [0.5, 0.6) is 0 Å². The number of aliphatic hydroxyl groups excluding tert-OH is 1. The van der Waals surface area contributed by atoms with E-state index in [4.69, 9.17) is 10.2 Å². The van der Waals surface area contributed by atoms with Crippen LogP contribution in [-0.2, 0) is 0 Å². The van der Waals surface area contributed by atoms with E-state index in [1.165, 1.54) is 6.20 Å². The number of carbonyl (C=O) groups is 1. The van der Waals surface area contributed by atoms with Crippen molar-refractivity contribution in [1.29, 1.82) is 0 Å². The van der Waals surface area contributed by atoms with Crippen LogP contribution in [0.1, 0.15) is 23.2 Å². The first-order chi connectivity index (χ1) is 8.22. The van der Waals surface area contributed by atoms with Crippen LogP contribution in [0.25, 0.3) is 0 Å². The normalized spacial score (nSPS) is 17.1. The van der Waals surface area contributed by atoms with Crippen molar-refractivity contribution in [2.24, 2.45) is 5.92 Å². The summed E-state index contributed by atoms with van der Waals surface area (Å²) in [6, 6.07) is 1.74. The third kappa shape index (κ3) is 2.55. The highest BCUT2D eigenvalue weighted by Gasteiger charge is 2.22. The third-order valence-corrected chi connectivity index (χ3v) is 3.24. The number of anilines is 1. The molecule has 1 aromatic heterocycles. The van der Waals surface area contributed by atoms with E-state index in [0.717, 1.165) is 31.6 Å². The zero-order valence-corrected chi connectivity index (χ0v) is 9.54. The van der Waals surface area contributed by atoms with Crippen molar-refractivity contribution in [1.82, 2.24) is 4.98 Å². The zero-order chi connectivity index (χ0) is 12.3. The minimum absolute atomic E-state index is 0.218. The smallest absolute Gasteiger partial charge is 0.339 e. The SMILES string of the molecule is O=C(O)c1cnccc1N1CCC(CO)CC1. The number of hydrogen-bond acceptors (Lipinski definition) is 4. The van der Waals surface area contributed by atoms with E-state index in [9.17, 15) is 4.79 Å². The lowest BCUT2D eigenvalue weighted by Gasteiger charge is -2.33. The first-order valence-electron chi connectivity index (χ1n) is 5.75. The molecule has 0 aliphatic carbocycles. The minimum Gasteiger partial charge on any atom is -0.478 e. The molecule has 0 amide bonds. The van der Waals surface area contributed by atoms with Crippen LogP contribution in [0.15, 0.2) is 18.5 Å². The lowest BCUT2D eigenvalue weighted by atomic mass is 9.97. The fraction of sp³-hybridized carbons (Fsp3) is 0.500. The number of carboxylic acids is 1. The Kier molecular flexibility index (Phi) is 3.58. The summed E-state index contributed by atoms with van der Waals surface area (Å²) < 4.78 is 0. The van der Waals surface area contributed by atoms with Gasteiger partial charge in [0.25, 0.3) is 0 Å². The predicted molar refractivity (Wildman–Crippen MR) is 63.2 cm³/mol. The molecule has 5 nitrogen and oxygen atoms in total. The molecule has 1 aliphatic rings. The van der Waals surface area contributed by atoms with Gasteiger partial charge in [-0.15, -0.1) is 0 Å². The molecule has 1 aromatic rings. The summed E-state index contributed by atoms with van der Waals surface area (Å²) in [4.78, 5) is 17.0. The zero-order valence-electron chi connectivity index (χ0n) is 9.54. The number of pyridine rings is 1. The Morgan fingerprint density at radius 1 is 1.47 bits per heavy atom. The van der Waals surface area contributed by atoms with Gasteiger partial charge in [0, 0.05) is 32.1 Å². The summed E-state index contributed by atoms with van der Waals surface area (Å²) >= 11 is 0. The molecule has 0 spiro atoms. The predicted octanol–water partition coefficient (Wildman–Crippen LogP) is 0.988. The van der Waals surface area contributed by atoms with Crippen LogP contribution in [0, 0.1) is 5.92 Å². The van der Waals surface area contributed by atoms with Gasteiger partial charge >= 0.3 is 5.97 Å². The Balaban J connectivity index is 2.15. The van der Waals surface area contributed by atoms with Crippen LogP contribution in [0.4, 0.5) is 5.69 Å². The maximum atomic E-state index is 11.1. The first-order valence-corrected chi connectivity index (χ1v) is 5.75. The molecule has 0 atom stereocenters. The van der Waals surface area contributed by atoms with Gasteiger partial charge < -0.3 is 15.1 Å². The van der Waals surface area contributed by atoms with E-state index >= 15 is 0 Å². The van der Waals surface area contributed by atoms with Gasteiger partial charge in [-0.25, -0.2) is 4.79 Å². The Bertz CT molecular complexity index is 400. The van der Waals surface area contributed by atoms with Gasteiger partial charge in [0.05, 0.1) is 5.69 Å². The molecule has 0 radical (unpaired) electrons. The fourth-order valence-corrected chi connectivity index (χ4v) is 2.18. The number of nitrogens with zero attached hydrogens (tertiary/aromatic N) is 2. The second kappa shape index (κ2) is 5.14. The van der Waals surface area contributed by atoms with Gasteiger partial charge in [-0.2, -0.15) is 0 Å². The summed E-state index contributed by atoms with van der Waals surface area (Å²) in [6.45, 7) is 1.79. The molecule has 92 valence electrons. The number of aromatic carboxylic acids is 1. The van der Waals surface area contributed by atoms with Crippen molar-refractivity contribution < 1.29 is 15.0 Å². The maximum Gasteiger partial charge on any atom is 0.339 e. The van der Waals surface area contributed by atoms with E-state index in [1.54, 1.807) is 12.3 Å². The molecule has 2 N–H and O–H groups in total. The summed E-state index contributed by atoms with van der Waals surface area (Å²) in [5, 5.41) is 18.2. The quantitative estimate of drug-likeness (QED) is 0.818. The molecule has 0 unspecified atom stereocenters. The highest BCUT2D eigenvalue weighted by Crippen LogP contribution is 2.25. The number of carboxylic acid groups (broad SMARTS) is 1. The molecule has 5 heteroatoms. The van der Waals surface area contributed by atoms with Crippen molar-refractivity contribution in [2.75, 3.05) is 24.6 Å². The summed E-state index contributed by atoms with van der Waals surface area (Å²) in [7, 11) is 0. The summed E-state index contributed by atoms with van der Waals surface area (Å²) in [5.74, 6) is -0.598. The second-order valence-electron chi connectivity index (χ2n) is 4.31. The summed E-state index contributed by atoms with van der Waals surface area (Å²) in [5.41, 5.74) is 0.971. The van der Waals surface area contributed by atoms with Crippen LogP contribution in [0.2, 0.25) is 0 Å². The van der Waals surface area contributed by atoms with Crippen molar-refractivity contribution in [3.63, 3.8) is 0 Å². The van der Waals surface area contributed by atoms with E-state index in [-0.39, 0.29) is 12.2 Å². The second-order valence-corrected chi connectivity index (χ2v) is 4.31. The Morgan fingerprint density at radius 2 is 2.18 bits per heavy atom. The van der Waals surface area contributed by atoms with Gasteiger partial charge in [-0.1, -0.05) is 0 Å². The fourth-order valence-electron chi connectivity index (χ4n) is 2.18. The van der Waals surface area contributed by atoms with Crippen LogP contribution < -0.4 is 4.90 Å². The van der Waals surface area contributed by atoms with Gasteiger partial charge in [0.1, 0.15) is 5.56 Å². The van der Waals surface area contributed by atoms with E-state index in [2.05, 4.69) is 9.88 Å². The van der Waals surface area contributed by atoms with E-state index in [1.807, 2.05) is 0 Å². The average molecular weight is 236 g/mol. The van der Waals surface area contributed by atoms with Crippen molar-refractivity contribution in [2.45, 2.75) is 12.8 Å². The molecule has 2 heterocycles. The Hall–Kier alpha value is -1.62. The van der Waals surface area contributed by atoms with E-state index in [0.29, 0.717) is 5.92 Å². The van der Waals surface area contributed by atoms with Gasteiger partial charge in [0.2, 0.25) is 0 Å². The molecule has 0 aromatic carbocycles.